The van der Waals surface area contributed by atoms with Crippen molar-refractivity contribution in [1.29, 1.82) is 0 Å². The number of aryl methyl sites for hydroxylation is 1. The molecule has 0 aliphatic rings. The number of pyridine rings is 1. The van der Waals surface area contributed by atoms with E-state index < -0.39 is 0 Å². The molecule has 19 heavy (non-hydrogen) atoms. The van der Waals surface area contributed by atoms with E-state index in [1.807, 2.05) is 18.2 Å². The van der Waals surface area contributed by atoms with Crippen LogP contribution < -0.4 is 10.5 Å². The highest BCUT2D eigenvalue weighted by molar-refractivity contribution is 5.37. The quantitative estimate of drug-likeness (QED) is 0.864. The summed E-state index contributed by atoms with van der Waals surface area (Å²) < 4.78 is 5.87. The van der Waals surface area contributed by atoms with Crippen molar-refractivity contribution in [2.45, 2.75) is 19.8 Å². The van der Waals surface area contributed by atoms with E-state index in [1.54, 1.807) is 12.4 Å². The van der Waals surface area contributed by atoms with Gasteiger partial charge in [0, 0.05) is 18.8 Å². The molecule has 3 heteroatoms. The van der Waals surface area contributed by atoms with E-state index in [-0.39, 0.29) is 0 Å². The van der Waals surface area contributed by atoms with Crippen LogP contribution in [0.25, 0.3) is 0 Å². The minimum Gasteiger partial charge on any atom is -0.493 e. The molecule has 0 spiro atoms. The van der Waals surface area contributed by atoms with Gasteiger partial charge in [-0.15, -0.1) is 0 Å². The maximum atomic E-state index is 5.87. The SMILES string of the molecule is Cc1ccc(OCCc2ccncc2)c(CCN)c1. The van der Waals surface area contributed by atoms with Gasteiger partial charge in [-0.1, -0.05) is 17.7 Å². The minimum absolute atomic E-state index is 0.643. The van der Waals surface area contributed by atoms with E-state index in [1.165, 1.54) is 16.7 Å². The third-order valence-electron chi connectivity index (χ3n) is 3.03. The molecule has 100 valence electrons. The molecule has 0 radical (unpaired) electrons. The second-order valence-corrected chi connectivity index (χ2v) is 4.60. The fraction of sp³-hybridized carbons (Fsp3) is 0.312. The van der Waals surface area contributed by atoms with Crippen LogP contribution in [0.5, 0.6) is 5.75 Å². The fourth-order valence-corrected chi connectivity index (χ4v) is 2.03. The lowest BCUT2D eigenvalue weighted by Gasteiger charge is -2.12. The molecule has 3 nitrogen and oxygen atoms in total. The molecule has 0 unspecified atom stereocenters. The zero-order valence-electron chi connectivity index (χ0n) is 11.3. The molecular formula is C16H20N2O. The van der Waals surface area contributed by atoms with Crippen LogP contribution in [0.15, 0.2) is 42.7 Å². The molecule has 1 aromatic carbocycles. The predicted molar refractivity (Wildman–Crippen MR) is 77.4 cm³/mol. The summed E-state index contributed by atoms with van der Waals surface area (Å²) in [5, 5.41) is 0. The average Bonchev–Trinajstić information content (AvgIpc) is 2.43. The standard InChI is InChI=1S/C16H20N2O/c1-13-2-3-16(15(12-13)4-8-17)19-11-7-14-5-9-18-10-6-14/h2-3,5-6,9-10,12H,4,7-8,11,17H2,1H3. The highest BCUT2D eigenvalue weighted by Gasteiger charge is 2.03. The van der Waals surface area contributed by atoms with Crippen molar-refractivity contribution in [2.24, 2.45) is 5.73 Å². The fourth-order valence-electron chi connectivity index (χ4n) is 2.03. The Morgan fingerprint density at radius 1 is 1.11 bits per heavy atom. The van der Waals surface area contributed by atoms with Crippen LogP contribution >= 0.6 is 0 Å². The van der Waals surface area contributed by atoms with Gasteiger partial charge in [-0.25, -0.2) is 0 Å². The minimum atomic E-state index is 0.643. The number of rotatable bonds is 6. The van der Waals surface area contributed by atoms with Crippen molar-refractivity contribution >= 4 is 0 Å². The van der Waals surface area contributed by atoms with E-state index in [2.05, 4.69) is 24.0 Å². The van der Waals surface area contributed by atoms with E-state index in [9.17, 15) is 0 Å². The third kappa shape index (κ3) is 4.07. The molecule has 0 aliphatic heterocycles. The van der Waals surface area contributed by atoms with Crippen molar-refractivity contribution < 1.29 is 4.74 Å². The highest BCUT2D eigenvalue weighted by Crippen LogP contribution is 2.20. The van der Waals surface area contributed by atoms with Crippen LogP contribution in [-0.4, -0.2) is 18.1 Å². The monoisotopic (exact) mass is 256 g/mol. The summed E-state index contributed by atoms with van der Waals surface area (Å²) in [5.41, 5.74) is 9.31. The normalized spacial score (nSPS) is 10.4. The summed E-state index contributed by atoms with van der Waals surface area (Å²) >= 11 is 0. The summed E-state index contributed by atoms with van der Waals surface area (Å²) in [4.78, 5) is 4.01. The van der Waals surface area contributed by atoms with Gasteiger partial charge in [-0.3, -0.25) is 4.98 Å². The predicted octanol–water partition coefficient (Wildman–Crippen LogP) is 2.51. The zero-order valence-corrected chi connectivity index (χ0v) is 11.3. The first-order chi connectivity index (χ1) is 9.29. The lowest BCUT2D eigenvalue weighted by Crippen LogP contribution is -2.07. The average molecular weight is 256 g/mol. The summed E-state index contributed by atoms with van der Waals surface area (Å²) in [6.07, 6.45) is 5.35. The molecule has 0 bridgehead atoms. The molecule has 1 aromatic heterocycles. The Morgan fingerprint density at radius 3 is 2.63 bits per heavy atom. The maximum absolute atomic E-state index is 5.87. The first-order valence-corrected chi connectivity index (χ1v) is 6.61. The van der Waals surface area contributed by atoms with Gasteiger partial charge >= 0.3 is 0 Å². The van der Waals surface area contributed by atoms with Gasteiger partial charge in [0.15, 0.2) is 0 Å². The molecular weight excluding hydrogens is 236 g/mol. The molecule has 0 amide bonds. The molecule has 2 rings (SSSR count). The third-order valence-corrected chi connectivity index (χ3v) is 3.03. The van der Waals surface area contributed by atoms with Gasteiger partial charge in [0.2, 0.25) is 0 Å². The summed E-state index contributed by atoms with van der Waals surface area (Å²) in [6.45, 7) is 3.40. The molecule has 1 heterocycles. The van der Waals surface area contributed by atoms with Crippen molar-refractivity contribution in [3.63, 3.8) is 0 Å². The molecule has 0 aliphatic carbocycles. The Hall–Kier alpha value is -1.87. The van der Waals surface area contributed by atoms with Crippen molar-refractivity contribution in [2.75, 3.05) is 13.2 Å². The van der Waals surface area contributed by atoms with Gasteiger partial charge in [-0.2, -0.15) is 0 Å². The van der Waals surface area contributed by atoms with Gasteiger partial charge in [0.25, 0.3) is 0 Å². The molecule has 2 N–H and O–H groups in total. The van der Waals surface area contributed by atoms with Gasteiger partial charge in [0.1, 0.15) is 5.75 Å². The van der Waals surface area contributed by atoms with E-state index >= 15 is 0 Å². The Labute approximate surface area is 114 Å². The van der Waals surface area contributed by atoms with Gasteiger partial charge < -0.3 is 10.5 Å². The Morgan fingerprint density at radius 2 is 1.89 bits per heavy atom. The first kappa shape index (κ1) is 13.6. The second kappa shape index (κ2) is 6.90. The molecule has 2 aromatic rings. The van der Waals surface area contributed by atoms with Crippen LogP contribution in [-0.2, 0) is 12.8 Å². The van der Waals surface area contributed by atoms with E-state index in [0.29, 0.717) is 13.2 Å². The highest BCUT2D eigenvalue weighted by atomic mass is 16.5. The Bertz CT molecular complexity index is 511. The number of aromatic nitrogens is 1. The second-order valence-electron chi connectivity index (χ2n) is 4.60. The largest absolute Gasteiger partial charge is 0.493 e. The number of nitrogens with zero attached hydrogens (tertiary/aromatic N) is 1. The first-order valence-electron chi connectivity index (χ1n) is 6.61. The summed E-state index contributed by atoms with van der Waals surface area (Å²) in [5.74, 6) is 0.949. The van der Waals surface area contributed by atoms with E-state index in [4.69, 9.17) is 10.5 Å². The maximum Gasteiger partial charge on any atom is 0.122 e. The molecule has 0 saturated carbocycles. The zero-order chi connectivity index (χ0) is 13.5. The Kier molecular flexibility index (Phi) is 4.93. The van der Waals surface area contributed by atoms with Crippen LogP contribution in [0.2, 0.25) is 0 Å². The van der Waals surface area contributed by atoms with Crippen molar-refractivity contribution in [1.82, 2.24) is 4.98 Å². The smallest absolute Gasteiger partial charge is 0.122 e. The summed E-state index contributed by atoms with van der Waals surface area (Å²) in [7, 11) is 0. The number of benzene rings is 1. The number of hydrogen-bond donors (Lipinski definition) is 1. The topological polar surface area (TPSA) is 48.1 Å². The Balaban J connectivity index is 1.95. The number of ether oxygens (including phenoxy) is 1. The van der Waals surface area contributed by atoms with Gasteiger partial charge in [-0.05, 0) is 49.2 Å². The molecule has 0 saturated heterocycles. The molecule has 0 fully saturated rings. The van der Waals surface area contributed by atoms with Crippen LogP contribution in [0.1, 0.15) is 16.7 Å². The van der Waals surface area contributed by atoms with E-state index in [0.717, 1.165) is 18.6 Å². The molecule has 0 atom stereocenters. The van der Waals surface area contributed by atoms with Crippen molar-refractivity contribution in [3.8, 4) is 5.75 Å². The summed E-state index contributed by atoms with van der Waals surface area (Å²) in [6, 6.07) is 10.3. The van der Waals surface area contributed by atoms with Crippen LogP contribution in [0, 0.1) is 6.92 Å². The van der Waals surface area contributed by atoms with Crippen LogP contribution in [0.4, 0.5) is 0 Å². The van der Waals surface area contributed by atoms with Gasteiger partial charge in [0.05, 0.1) is 6.61 Å². The number of nitrogens with two attached hydrogens (primary N) is 1. The van der Waals surface area contributed by atoms with Crippen molar-refractivity contribution in [3.05, 3.63) is 59.4 Å². The van der Waals surface area contributed by atoms with Crippen LogP contribution in [0.3, 0.4) is 0 Å². The number of hydrogen-bond acceptors (Lipinski definition) is 3. The lowest BCUT2D eigenvalue weighted by molar-refractivity contribution is 0.318. The lowest BCUT2D eigenvalue weighted by atomic mass is 10.1.